The molecule has 4 atom stereocenters. The first kappa shape index (κ1) is 37.1. The van der Waals surface area contributed by atoms with Crippen molar-refractivity contribution < 1.29 is 28.9 Å². The number of methoxy groups -OCH3 is 1. The van der Waals surface area contributed by atoms with Crippen molar-refractivity contribution in [2.45, 2.75) is 60.8 Å². The van der Waals surface area contributed by atoms with Crippen LogP contribution in [0.2, 0.25) is 0 Å². The van der Waals surface area contributed by atoms with Crippen LogP contribution in [0.1, 0.15) is 79.0 Å². The molecule has 50 heavy (non-hydrogen) atoms. The van der Waals surface area contributed by atoms with E-state index in [2.05, 4.69) is 6.58 Å². The number of hydrogen-bond acceptors (Lipinski definition) is 6. The number of fused-ring (bicyclic) bond motifs is 7. The van der Waals surface area contributed by atoms with Crippen molar-refractivity contribution in [2.75, 3.05) is 13.7 Å². The van der Waals surface area contributed by atoms with Crippen LogP contribution in [0.4, 0.5) is 0 Å². The van der Waals surface area contributed by atoms with E-state index in [4.69, 9.17) is 24.8 Å². The van der Waals surface area contributed by atoms with Gasteiger partial charge < -0.3 is 35.0 Å². The molecule has 2 aromatic rings. The zero-order valence-electron chi connectivity index (χ0n) is 29.7. The first-order valence-corrected chi connectivity index (χ1v) is 16.7. The monoisotopic (exact) mass is 685 g/mol. The molecule has 0 amide bonds. The zero-order valence-corrected chi connectivity index (χ0v) is 31.1. The normalized spacial score (nSPS) is 26.2. The smallest absolute Gasteiger partial charge is 0.664 e. The molecule has 3 aliphatic heterocycles. The van der Waals surface area contributed by atoms with Gasteiger partial charge in [0, 0.05) is 23.1 Å². The zero-order chi connectivity index (χ0) is 35.3. The van der Waals surface area contributed by atoms with Gasteiger partial charge in [0.05, 0.1) is 7.11 Å². The number of quaternary nitrogens is 1. The standard InChI is InChI=1S/C39H42N4O6.Mg/c1-9-12-15-49-32(44)14-13-25-20(5)28-17-30-21(6)24(11-3)31(43(30)47)18-27-19(4)23(10-2)29(40-27)16-26-22(7)33-37(42-26)34(36(25)41-28)35(38(33)45)39(46)48-8;/h9,11-12,16-18,20,25,35,43H,3,10,13-15H2,1-2,4-8H3,(H-,41,42,45);/q-2;+2/p-1/b12-9-,27-18-,28-17-,29-16-;/t20-,25-,35+;/m0./s1. The number of hydroxylamine groups is 2. The fraction of sp³-hybridized carbons (Fsp3) is 0.359. The summed E-state index contributed by atoms with van der Waals surface area (Å²) >= 11 is 0. The Morgan fingerprint density at radius 2 is 1.82 bits per heavy atom. The van der Waals surface area contributed by atoms with Crippen molar-refractivity contribution in [1.82, 2.24) is 9.97 Å². The van der Waals surface area contributed by atoms with Gasteiger partial charge in [-0.2, -0.15) is 11.4 Å². The van der Waals surface area contributed by atoms with Gasteiger partial charge in [-0.15, -0.1) is 22.1 Å². The molecule has 6 rings (SSSR count). The molecule has 256 valence electrons. The van der Waals surface area contributed by atoms with Gasteiger partial charge in [-0.3, -0.25) is 14.4 Å². The van der Waals surface area contributed by atoms with Crippen molar-refractivity contribution in [2.24, 2.45) is 17.8 Å². The molecule has 0 radical (unpaired) electrons. The SMILES string of the molecule is C=CC1=C2/C=c3\[n-]/c(c(CC)c3C)=C\c3[n-]c4c(c3C)C(=O)[C@H](C(=O)OC)/C4=C3/[N-]/C(=C\C(=C1C)[NH+]2[O-])[C@@H](C)[C@@H]3CCC(=O)OC/C=C\C.[Mg+2]. The van der Waals surface area contributed by atoms with Gasteiger partial charge in [-0.05, 0) is 64.5 Å². The molecule has 1 aliphatic carbocycles. The number of esters is 2. The van der Waals surface area contributed by atoms with E-state index in [1.54, 1.807) is 18.2 Å². The molecule has 0 spiro atoms. The second kappa shape index (κ2) is 14.6. The quantitative estimate of drug-likeness (QED) is 0.147. The van der Waals surface area contributed by atoms with Gasteiger partial charge >= 0.3 is 35.0 Å². The second-order valence-corrected chi connectivity index (χ2v) is 12.9. The summed E-state index contributed by atoms with van der Waals surface area (Å²) in [6.45, 7) is 15.8. The summed E-state index contributed by atoms with van der Waals surface area (Å²) < 4.78 is 10.5. The van der Waals surface area contributed by atoms with Crippen molar-refractivity contribution in [3.8, 4) is 0 Å². The average molecular weight is 686 g/mol. The number of rotatable bonds is 8. The summed E-state index contributed by atoms with van der Waals surface area (Å²) in [5, 5.41) is 20.5. The number of allylic oxidation sites excluding steroid dienone is 8. The molecule has 2 aromatic heterocycles. The Morgan fingerprint density at radius 3 is 2.48 bits per heavy atom. The summed E-state index contributed by atoms with van der Waals surface area (Å²) in [6.07, 6.45) is 11.9. The minimum atomic E-state index is -1.26. The van der Waals surface area contributed by atoms with Crippen molar-refractivity contribution in [3.63, 3.8) is 0 Å². The number of nitrogens with one attached hydrogen (secondary N) is 1. The molecule has 11 heteroatoms. The van der Waals surface area contributed by atoms with E-state index in [1.165, 1.54) is 7.11 Å². The Balaban J connectivity index is 0.00000486. The van der Waals surface area contributed by atoms with Crippen LogP contribution < -0.4 is 25.7 Å². The minimum absolute atomic E-state index is 0. The molecular formula is C39H41MgN4O6-. The van der Waals surface area contributed by atoms with Gasteiger partial charge in [0.1, 0.15) is 23.9 Å². The van der Waals surface area contributed by atoms with Gasteiger partial charge in [-0.25, -0.2) is 0 Å². The molecule has 8 bridgehead atoms. The third kappa shape index (κ3) is 5.99. The van der Waals surface area contributed by atoms with Crippen LogP contribution in [0.15, 0.2) is 64.8 Å². The number of carbonyl (C=O) groups excluding carboxylic acids is 3. The predicted molar refractivity (Wildman–Crippen MR) is 192 cm³/mol. The van der Waals surface area contributed by atoms with E-state index in [1.807, 2.05) is 59.8 Å². The fourth-order valence-corrected chi connectivity index (χ4v) is 7.50. The minimum Gasteiger partial charge on any atom is -0.664 e. The van der Waals surface area contributed by atoms with E-state index < -0.39 is 17.7 Å². The van der Waals surface area contributed by atoms with Crippen LogP contribution in [0, 0.1) is 36.8 Å². The number of ether oxygens (including phenoxy) is 2. The second-order valence-electron chi connectivity index (χ2n) is 12.9. The van der Waals surface area contributed by atoms with Gasteiger partial charge in [0.2, 0.25) is 0 Å². The molecule has 1 saturated heterocycles. The maximum Gasteiger partial charge on any atom is 2.00 e. The third-order valence-corrected chi connectivity index (χ3v) is 10.3. The van der Waals surface area contributed by atoms with Gasteiger partial charge in [-0.1, -0.05) is 67.0 Å². The Morgan fingerprint density at radius 1 is 1.08 bits per heavy atom. The van der Waals surface area contributed by atoms with Crippen molar-refractivity contribution >= 4 is 58.5 Å². The number of nitrogens with zero attached hydrogens (tertiary/aromatic N) is 3. The van der Waals surface area contributed by atoms with Crippen LogP contribution >= 0.6 is 0 Å². The van der Waals surface area contributed by atoms with Gasteiger partial charge in [0.25, 0.3) is 0 Å². The van der Waals surface area contributed by atoms with Crippen LogP contribution in [0.25, 0.3) is 23.0 Å². The summed E-state index contributed by atoms with van der Waals surface area (Å²) in [4.78, 5) is 50.2. The summed E-state index contributed by atoms with van der Waals surface area (Å²) in [7, 11) is 1.25. The van der Waals surface area contributed by atoms with Gasteiger partial charge in [0.15, 0.2) is 5.78 Å². The molecular weight excluding hydrogens is 645 g/mol. The molecule has 1 fully saturated rings. The Kier molecular flexibility index (Phi) is 10.8. The topological polar surface area (TPSA) is 139 Å². The Bertz CT molecular complexity index is 2090. The summed E-state index contributed by atoms with van der Waals surface area (Å²) in [6, 6.07) is 0. The molecule has 5 heterocycles. The summed E-state index contributed by atoms with van der Waals surface area (Å²) in [5.41, 5.74) is 7.90. The Labute approximate surface area is 308 Å². The number of carbonyl (C=O) groups is 3. The van der Waals surface area contributed by atoms with Crippen LogP contribution in [-0.2, 0) is 25.5 Å². The van der Waals surface area contributed by atoms with Crippen LogP contribution in [0.5, 0.6) is 0 Å². The van der Waals surface area contributed by atoms with Crippen molar-refractivity contribution in [1.29, 1.82) is 0 Å². The Hall–Kier alpha value is -4.16. The molecule has 0 saturated carbocycles. The maximum absolute atomic E-state index is 14.1. The van der Waals surface area contributed by atoms with Crippen LogP contribution in [-0.4, -0.2) is 54.5 Å². The van der Waals surface area contributed by atoms with E-state index in [0.717, 1.165) is 22.3 Å². The van der Waals surface area contributed by atoms with E-state index >= 15 is 0 Å². The molecule has 0 aromatic carbocycles. The molecule has 10 nitrogen and oxygen atoms in total. The van der Waals surface area contributed by atoms with Crippen molar-refractivity contribution in [3.05, 3.63) is 120 Å². The largest absolute Gasteiger partial charge is 2.00 e. The number of ketones is 1. The number of hydrogen-bond donors (Lipinski definition) is 1. The fourth-order valence-electron chi connectivity index (χ4n) is 7.50. The first-order valence-electron chi connectivity index (χ1n) is 16.7. The van der Waals surface area contributed by atoms with E-state index in [0.29, 0.717) is 74.4 Å². The number of Topliss-reactive ketones (excluding diaryl/α,β-unsaturated/α-hetero) is 1. The third-order valence-electron chi connectivity index (χ3n) is 10.3. The summed E-state index contributed by atoms with van der Waals surface area (Å²) in [5.74, 6) is -3.39. The first-order chi connectivity index (χ1) is 23.5. The van der Waals surface area contributed by atoms with E-state index in [-0.39, 0.29) is 58.9 Å². The average Bonchev–Trinajstić information content (AvgIpc) is 3.80. The molecule has 1 unspecified atom stereocenters. The predicted octanol–water partition coefficient (Wildman–Crippen LogP) is 3.25. The molecule has 4 aliphatic rings. The van der Waals surface area contributed by atoms with Crippen LogP contribution in [0.3, 0.4) is 0 Å². The number of aromatic nitrogens is 2. The van der Waals surface area contributed by atoms with E-state index in [9.17, 15) is 19.6 Å². The maximum atomic E-state index is 14.1. The molecule has 1 N–H and O–H groups in total.